The van der Waals surface area contributed by atoms with Crippen LogP contribution in [0, 0.1) is 11.3 Å². The Morgan fingerprint density at radius 2 is 2.00 bits per heavy atom. The fourth-order valence-electron chi connectivity index (χ4n) is 5.60. The third-order valence-corrected chi connectivity index (χ3v) is 7.75. The molecule has 3 aliphatic rings. The van der Waals surface area contributed by atoms with Crippen LogP contribution in [0.3, 0.4) is 0 Å². The maximum atomic E-state index is 13.6. The number of ether oxygens (including phenoxy) is 1. The molecule has 1 aromatic rings. The summed E-state index contributed by atoms with van der Waals surface area (Å²) < 4.78 is 44.6. The van der Waals surface area contributed by atoms with E-state index in [2.05, 4.69) is 24.1 Å². The van der Waals surface area contributed by atoms with Crippen LogP contribution in [-0.4, -0.2) is 67.3 Å². The summed E-state index contributed by atoms with van der Waals surface area (Å²) in [4.78, 5) is 21.1. The van der Waals surface area contributed by atoms with Gasteiger partial charge in [-0.05, 0) is 50.2 Å². The zero-order valence-corrected chi connectivity index (χ0v) is 19.5. The minimum atomic E-state index is -4.46. The van der Waals surface area contributed by atoms with Gasteiger partial charge in [-0.1, -0.05) is 19.9 Å². The quantitative estimate of drug-likeness (QED) is 0.714. The first-order valence-electron chi connectivity index (χ1n) is 12.1. The lowest BCUT2D eigenvalue weighted by atomic mass is 9.81. The molecule has 9 heteroatoms. The molecule has 0 radical (unpaired) electrons. The SMILES string of the molecule is CC[C@]1(C(=O)N2CCN(c3cccc(C(F)(F)F)n3)CC2)CC[C@@H](NC2CCOCC2C)C1. The first-order chi connectivity index (χ1) is 15.7. The summed E-state index contributed by atoms with van der Waals surface area (Å²) in [5.74, 6) is 0.993. The highest BCUT2D eigenvalue weighted by atomic mass is 19.4. The summed E-state index contributed by atoms with van der Waals surface area (Å²) in [6.45, 7) is 7.87. The summed E-state index contributed by atoms with van der Waals surface area (Å²) in [6.07, 6.45) is 0.0857. The number of anilines is 1. The van der Waals surface area contributed by atoms with Gasteiger partial charge in [0.25, 0.3) is 0 Å². The predicted molar refractivity (Wildman–Crippen MR) is 120 cm³/mol. The molecule has 0 aromatic carbocycles. The number of hydrogen-bond donors (Lipinski definition) is 1. The average Bonchev–Trinajstić information content (AvgIpc) is 3.24. The third-order valence-electron chi connectivity index (χ3n) is 7.75. The number of alkyl halides is 3. The molecule has 6 nitrogen and oxygen atoms in total. The van der Waals surface area contributed by atoms with Gasteiger partial charge in [0, 0.05) is 44.9 Å². The first kappa shape index (κ1) is 24.3. The van der Waals surface area contributed by atoms with Gasteiger partial charge in [-0.3, -0.25) is 4.79 Å². The van der Waals surface area contributed by atoms with E-state index < -0.39 is 11.9 Å². The van der Waals surface area contributed by atoms with Gasteiger partial charge in [0.1, 0.15) is 11.5 Å². The van der Waals surface area contributed by atoms with E-state index in [4.69, 9.17) is 4.74 Å². The number of carbonyl (C=O) groups excluding carboxylic acids is 1. The molecule has 0 spiro atoms. The maximum Gasteiger partial charge on any atom is 0.433 e. The van der Waals surface area contributed by atoms with Crippen molar-refractivity contribution in [1.82, 2.24) is 15.2 Å². The molecule has 3 fully saturated rings. The smallest absolute Gasteiger partial charge is 0.381 e. The van der Waals surface area contributed by atoms with Crippen molar-refractivity contribution in [2.45, 2.75) is 64.2 Å². The van der Waals surface area contributed by atoms with Crippen molar-refractivity contribution >= 4 is 11.7 Å². The molecule has 1 N–H and O–H groups in total. The summed E-state index contributed by atoms with van der Waals surface area (Å²) in [7, 11) is 0. The molecule has 33 heavy (non-hydrogen) atoms. The number of nitrogens with one attached hydrogen (secondary N) is 1. The minimum Gasteiger partial charge on any atom is -0.381 e. The van der Waals surface area contributed by atoms with Gasteiger partial charge in [-0.2, -0.15) is 13.2 Å². The average molecular weight is 469 g/mol. The summed E-state index contributed by atoms with van der Waals surface area (Å²) in [5, 5.41) is 3.80. The molecule has 2 saturated heterocycles. The standard InChI is InChI=1S/C24H35F3N4O2/c1-3-23(9-7-18(15-23)28-19-8-14-33-16-17(19)2)22(32)31-12-10-30(11-13-31)21-6-4-5-20(29-21)24(25,26)27/h4-6,17-19,28H,3,7-16H2,1-2H3/t17?,18-,19?,23+/m1/s1. The fraction of sp³-hybridized carbons (Fsp3) is 0.750. The summed E-state index contributed by atoms with van der Waals surface area (Å²) >= 11 is 0. The fourth-order valence-corrected chi connectivity index (χ4v) is 5.60. The molecule has 2 unspecified atom stereocenters. The van der Waals surface area contributed by atoms with E-state index >= 15 is 0 Å². The van der Waals surface area contributed by atoms with Crippen molar-refractivity contribution in [3.05, 3.63) is 23.9 Å². The number of rotatable bonds is 5. The second kappa shape index (κ2) is 9.78. The van der Waals surface area contributed by atoms with Crippen LogP contribution >= 0.6 is 0 Å². The van der Waals surface area contributed by atoms with Crippen LogP contribution in [0.4, 0.5) is 19.0 Å². The van der Waals surface area contributed by atoms with Gasteiger partial charge in [-0.25, -0.2) is 4.98 Å². The highest BCUT2D eigenvalue weighted by molar-refractivity contribution is 5.83. The number of halogens is 3. The highest BCUT2D eigenvalue weighted by Gasteiger charge is 2.46. The molecule has 2 aliphatic heterocycles. The van der Waals surface area contributed by atoms with Crippen LogP contribution in [0.15, 0.2) is 18.2 Å². The molecule has 0 bridgehead atoms. The van der Waals surface area contributed by atoms with Crippen molar-refractivity contribution in [2.75, 3.05) is 44.3 Å². The van der Waals surface area contributed by atoms with Crippen molar-refractivity contribution in [3.63, 3.8) is 0 Å². The lowest BCUT2D eigenvalue weighted by Gasteiger charge is -2.40. The van der Waals surface area contributed by atoms with Crippen molar-refractivity contribution in [3.8, 4) is 0 Å². The number of carbonyl (C=O) groups is 1. The molecule has 1 saturated carbocycles. The van der Waals surface area contributed by atoms with Gasteiger partial charge >= 0.3 is 6.18 Å². The largest absolute Gasteiger partial charge is 0.433 e. The molecular weight excluding hydrogens is 433 g/mol. The Labute approximate surface area is 193 Å². The van der Waals surface area contributed by atoms with Gasteiger partial charge < -0.3 is 19.9 Å². The topological polar surface area (TPSA) is 57.7 Å². The predicted octanol–water partition coefficient (Wildman–Crippen LogP) is 3.71. The van der Waals surface area contributed by atoms with E-state index in [9.17, 15) is 18.0 Å². The normalized spacial score (nSPS) is 31.1. The molecule has 1 aromatic heterocycles. The minimum absolute atomic E-state index is 0.200. The molecule has 1 amide bonds. The lowest BCUT2D eigenvalue weighted by molar-refractivity contribution is -0.142. The number of pyridine rings is 1. The third kappa shape index (κ3) is 5.29. The van der Waals surface area contributed by atoms with Gasteiger partial charge in [0.15, 0.2) is 0 Å². The van der Waals surface area contributed by atoms with E-state index in [1.165, 1.54) is 6.07 Å². The first-order valence-corrected chi connectivity index (χ1v) is 12.1. The molecule has 4 rings (SSSR count). The van der Waals surface area contributed by atoms with Crippen molar-refractivity contribution in [1.29, 1.82) is 0 Å². The van der Waals surface area contributed by atoms with Crippen LogP contribution in [0.5, 0.6) is 0 Å². The second-order valence-electron chi connectivity index (χ2n) is 9.85. The Morgan fingerprint density at radius 3 is 2.67 bits per heavy atom. The Morgan fingerprint density at radius 1 is 1.24 bits per heavy atom. The molecule has 1 aliphatic carbocycles. The zero-order chi connectivity index (χ0) is 23.6. The monoisotopic (exact) mass is 468 g/mol. The van der Waals surface area contributed by atoms with Gasteiger partial charge in [0.2, 0.25) is 5.91 Å². The maximum absolute atomic E-state index is 13.6. The number of hydrogen-bond acceptors (Lipinski definition) is 5. The second-order valence-corrected chi connectivity index (χ2v) is 9.85. The Hall–Kier alpha value is -1.87. The van der Waals surface area contributed by atoms with Gasteiger partial charge in [0.05, 0.1) is 12.0 Å². The van der Waals surface area contributed by atoms with Crippen molar-refractivity contribution < 1.29 is 22.7 Å². The van der Waals surface area contributed by atoms with E-state index in [0.717, 1.165) is 51.4 Å². The van der Waals surface area contributed by atoms with E-state index in [1.807, 2.05) is 9.80 Å². The van der Waals surface area contributed by atoms with Crippen LogP contribution in [0.25, 0.3) is 0 Å². The van der Waals surface area contributed by atoms with E-state index in [-0.39, 0.29) is 11.3 Å². The van der Waals surface area contributed by atoms with Crippen LogP contribution in [0.1, 0.15) is 51.6 Å². The lowest BCUT2D eigenvalue weighted by Crippen LogP contribution is -2.53. The Balaban J connectivity index is 1.35. The van der Waals surface area contributed by atoms with Crippen LogP contribution in [0.2, 0.25) is 0 Å². The molecule has 4 atom stereocenters. The molecule has 3 heterocycles. The number of nitrogens with zero attached hydrogens (tertiary/aromatic N) is 3. The summed E-state index contributed by atoms with van der Waals surface area (Å²) in [6, 6.07) is 4.76. The molecular formula is C24H35F3N4O2. The molecule has 184 valence electrons. The van der Waals surface area contributed by atoms with Crippen molar-refractivity contribution in [2.24, 2.45) is 11.3 Å². The van der Waals surface area contributed by atoms with E-state index in [1.54, 1.807) is 6.07 Å². The number of amides is 1. The van der Waals surface area contributed by atoms with Crippen LogP contribution in [-0.2, 0) is 15.7 Å². The zero-order valence-electron chi connectivity index (χ0n) is 19.5. The summed E-state index contributed by atoms with van der Waals surface area (Å²) in [5.41, 5.74) is -1.23. The van der Waals surface area contributed by atoms with Crippen LogP contribution < -0.4 is 10.2 Å². The Kier molecular flexibility index (Phi) is 7.19. The highest BCUT2D eigenvalue weighted by Crippen LogP contribution is 2.43. The number of aromatic nitrogens is 1. The van der Waals surface area contributed by atoms with E-state index in [0.29, 0.717) is 50.0 Å². The van der Waals surface area contributed by atoms with Gasteiger partial charge in [-0.15, -0.1) is 0 Å². The number of piperazine rings is 1. The Bertz CT molecular complexity index is 828.